The summed E-state index contributed by atoms with van der Waals surface area (Å²) in [6.45, 7) is 6.69. The summed E-state index contributed by atoms with van der Waals surface area (Å²) >= 11 is 1.50. The number of hydrogen-bond donors (Lipinski definition) is 1. The van der Waals surface area contributed by atoms with Crippen molar-refractivity contribution in [1.29, 1.82) is 0 Å². The maximum absolute atomic E-state index is 12.1. The fourth-order valence-corrected chi connectivity index (χ4v) is 3.14. The number of carbonyl (C=O) groups excluding carboxylic acids is 1. The molecule has 0 aliphatic carbocycles. The molecule has 6 nitrogen and oxygen atoms in total. The molecule has 0 aliphatic heterocycles. The van der Waals surface area contributed by atoms with E-state index in [4.69, 9.17) is 0 Å². The SMILES string of the molecule is Cc1nnc2sc(CCNC(=O)c3ccc(C(C)C)cc3)nn12. The van der Waals surface area contributed by atoms with Gasteiger partial charge in [0.05, 0.1) is 0 Å². The third-order valence-corrected chi connectivity index (χ3v) is 4.61. The molecule has 1 aromatic carbocycles. The number of carbonyl (C=O) groups is 1. The van der Waals surface area contributed by atoms with Crippen LogP contribution in [0.3, 0.4) is 0 Å². The van der Waals surface area contributed by atoms with Gasteiger partial charge in [0.2, 0.25) is 4.96 Å². The zero-order valence-corrected chi connectivity index (χ0v) is 14.2. The average Bonchev–Trinajstić information content (AvgIpc) is 3.09. The zero-order valence-electron chi connectivity index (χ0n) is 13.4. The number of hydrogen-bond acceptors (Lipinski definition) is 5. The summed E-state index contributed by atoms with van der Waals surface area (Å²) in [5, 5.41) is 16.3. The van der Waals surface area contributed by atoms with E-state index in [-0.39, 0.29) is 5.91 Å². The number of fused-ring (bicyclic) bond motifs is 1. The molecule has 0 saturated carbocycles. The van der Waals surface area contributed by atoms with Crippen molar-refractivity contribution in [1.82, 2.24) is 25.1 Å². The van der Waals surface area contributed by atoms with Crippen LogP contribution in [-0.4, -0.2) is 32.3 Å². The monoisotopic (exact) mass is 329 g/mol. The van der Waals surface area contributed by atoms with E-state index in [0.29, 0.717) is 24.4 Å². The quantitative estimate of drug-likeness (QED) is 0.781. The second kappa shape index (κ2) is 6.45. The van der Waals surface area contributed by atoms with Crippen LogP contribution in [-0.2, 0) is 6.42 Å². The molecule has 2 heterocycles. The third kappa shape index (κ3) is 3.39. The van der Waals surface area contributed by atoms with Crippen molar-refractivity contribution in [2.45, 2.75) is 33.1 Å². The first-order chi connectivity index (χ1) is 11.0. The molecule has 0 unspecified atom stereocenters. The molecule has 1 amide bonds. The molecule has 3 aromatic rings. The van der Waals surface area contributed by atoms with Crippen LogP contribution in [0.25, 0.3) is 4.96 Å². The first-order valence-electron chi connectivity index (χ1n) is 7.60. The fraction of sp³-hybridized carbons (Fsp3) is 0.375. The van der Waals surface area contributed by atoms with Crippen molar-refractivity contribution in [2.75, 3.05) is 6.54 Å². The van der Waals surface area contributed by atoms with Gasteiger partial charge in [0.25, 0.3) is 5.91 Å². The lowest BCUT2D eigenvalue weighted by molar-refractivity contribution is 0.0954. The van der Waals surface area contributed by atoms with Crippen LogP contribution in [0.15, 0.2) is 24.3 Å². The molecule has 120 valence electrons. The lowest BCUT2D eigenvalue weighted by Gasteiger charge is -2.07. The molecular weight excluding hydrogens is 310 g/mol. The van der Waals surface area contributed by atoms with Gasteiger partial charge in [0.1, 0.15) is 5.01 Å². The zero-order chi connectivity index (χ0) is 16.4. The lowest BCUT2D eigenvalue weighted by atomic mass is 10.0. The molecule has 2 aromatic heterocycles. The number of aryl methyl sites for hydroxylation is 1. The minimum atomic E-state index is -0.0560. The van der Waals surface area contributed by atoms with Gasteiger partial charge in [-0.3, -0.25) is 4.79 Å². The first kappa shape index (κ1) is 15.6. The summed E-state index contributed by atoms with van der Waals surface area (Å²) in [6.07, 6.45) is 0.684. The Bertz CT molecular complexity index is 819. The summed E-state index contributed by atoms with van der Waals surface area (Å²) in [7, 11) is 0. The molecule has 0 aliphatic rings. The van der Waals surface area contributed by atoms with Crippen molar-refractivity contribution in [3.63, 3.8) is 0 Å². The van der Waals surface area contributed by atoms with Crippen molar-refractivity contribution in [3.05, 3.63) is 46.2 Å². The minimum Gasteiger partial charge on any atom is -0.352 e. The van der Waals surface area contributed by atoms with Gasteiger partial charge >= 0.3 is 0 Å². The van der Waals surface area contributed by atoms with Crippen LogP contribution in [0.2, 0.25) is 0 Å². The maximum Gasteiger partial charge on any atom is 0.251 e. The van der Waals surface area contributed by atoms with Gasteiger partial charge in [-0.15, -0.1) is 10.2 Å². The van der Waals surface area contributed by atoms with E-state index in [0.717, 1.165) is 15.8 Å². The van der Waals surface area contributed by atoms with Crippen LogP contribution in [0.5, 0.6) is 0 Å². The molecule has 0 radical (unpaired) electrons. The predicted octanol–water partition coefficient (Wildman–Crippen LogP) is 2.59. The molecule has 3 rings (SSSR count). The summed E-state index contributed by atoms with van der Waals surface area (Å²) < 4.78 is 1.73. The second-order valence-corrected chi connectivity index (χ2v) is 6.76. The summed E-state index contributed by atoms with van der Waals surface area (Å²) in [6, 6.07) is 7.75. The largest absolute Gasteiger partial charge is 0.352 e. The summed E-state index contributed by atoms with van der Waals surface area (Å²) in [5.41, 5.74) is 1.92. The Morgan fingerprint density at radius 2 is 2.00 bits per heavy atom. The Hall–Kier alpha value is -2.28. The van der Waals surface area contributed by atoms with Gasteiger partial charge in [0.15, 0.2) is 5.82 Å². The second-order valence-electron chi connectivity index (χ2n) is 5.72. The summed E-state index contributed by atoms with van der Waals surface area (Å²) in [4.78, 5) is 12.9. The Morgan fingerprint density at radius 3 is 2.65 bits per heavy atom. The van der Waals surface area contributed by atoms with Crippen molar-refractivity contribution < 1.29 is 4.79 Å². The van der Waals surface area contributed by atoms with E-state index in [1.807, 2.05) is 31.2 Å². The van der Waals surface area contributed by atoms with E-state index in [9.17, 15) is 4.79 Å². The maximum atomic E-state index is 12.1. The molecule has 0 bridgehead atoms. The topological polar surface area (TPSA) is 72.2 Å². The molecule has 0 saturated heterocycles. The molecule has 0 spiro atoms. The van der Waals surface area contributed by atoms with E-state index in [2.05, 4.69) is 34.5 Å². The highest BCUT2D eigenvalue weighted by atomic mass is 32.1. The molecule has 1 N–H and O–H groups in total. The smallest absolute Gasteiger partial charge is 0.251 e. The highest BCUT2D eigenvalue weighted by Crippen LogP contribution is 2.15. The number of nitrogens with zero attached hydrogens (tertiary/aromatic N) is 4. The van der Waals surface area contributed by atoms with E-state index in [1.165, 1.54) is 16.9 Å². The number of rotatable bonds is 5. The van der Waals surface area contributed by atoms with Gasteiger partial charge in [0, 0.05) is 18.5 Å². The van der Waals surface area contributed by atoms with Gasteiger partial charge in [-0.25, -0.2) is 0 Å². The molecule has 0 atom stereocenters. The normalized spacial score (nSPS) is 11.3. The van der Waals surface area contributed by atoms with Gasteiger partial charge < -0.3 is 5.32 Å². The van der Waals surface area contributed by atoms with Gasteiger partial charge in [-0.1, -0.05) is 37.3 Å². The fourth-order valence-electron chi connectivity index (χ4n) is 2.26. The van der Waals surface area contributed by atoms with Crippen molar-refractivity contribution in [2.24, 2.45) is 0 Å². The molecule has 7 heteroatoms. The van der Waals surface area contributed by atoms with Crippen LogP contribution in [0, 0.1) is 6.92 Å². The number of aromatic nitrogens is 4. The Balaban J connectivity index is 1.56. The molecule has 0 fully saturated rings. The molecular formula is C16H19N5OS. The summed E-state index contributed by atoms with van der Waals surface area (Å²) in [5.74, 6) is 1.19. The molecule has 23 heavy (non-hydrogen) atoms. The van der Waals surface area contributed by atoms with Gasteiger partial charge in [-0.05, 0) is 30.5 Å². The van der Waals surface area contributed by atoms with Crippen molar-refractivity contribution in [3.8, 4) is 0 Å². The predicted molar refractivity (Wildman–Crippen MR) is 90.0 cm³/mol. The average molecular weight is 329 g/mol. The highest BCUT2D eigenvalue weighted by Gasteiger charge is 2.10. The first-order valence-corrected chi connectivity index (χ1v) is 8.42. The van der Waals surface area contributed by atoms with E-state index < -0.39 is 0 Å². The van der Waals surface area contributed by atoms with Crippen LogP contribution >= 0.6 is 11.3 Å². The standard InChI is InChI=1S/C16H19N5OS/c1-10(2)12-4-6-13(7-5-12)15(22)17-9-8-14-20-21-11(3)18-19-16(21)23-14/h4-7,10H,8-9H2,1-3H3,(H,17,22). The van der Waals surface area contributed by atoms with Crippen LogP contribution in [0.1, 0.15) is 46.5 Å². The van der Waals surface area contributed by atoms with Gasteiger partial charge in [-0.2, -0.15) is 9.61 Å². The lowest BCUT2D eigenvalue weighted by Crippen LogP contribution is -2.25. The Kier molecular flexibility index (Phi) is 4.38. The van der Waals surface area contributed by atoms with Crippen LogP contribution < -0.4 is 5.32 Å². The number of amides is 1. The highest BCUT2D eigenvalue weighted by molar-refractivity contribution is 7.16. The number of nitrogens with one attached hydrogen (secondary N) is 1. The van der Waals surface area contributed by atoms with Crippen molar-refractivity contribution >= 4 is 22.2 Å². The van der Waals surface area contributed by atoms with E-state index in [1.54, 1.807) is 4.52 Å². The Labute approximate surface area is 138 Å². The van der Waals surface area contributed by atoms with Crippen LogP contribution in [0.4, 0.5) is 0 Å². The Morgan fingerprint density at radius 1 is 1.26 bits per heavy atom. The van der Waals surface area contributed by atoms with E-state index >= 15 is 0 Å². The number of benzene rings is 1. The third-order valence-electron chi connectivity index (χ3n) is 3.65. The minimum absolute atomic E-state index is 0.0560.